The summed E-state index contributed by atoms with van der Waals surface area (Å²) in [6, 6.07) is 14.1. The van der Waals surface area contributed by atoms with E-state index in [1.807, 2.05) is 66.8 Å². The summed E-state index contributed by atoms with van der Waals surface area (Å²) in [6.45, 7) is 9.17. The second-order valence-electron chi connectivity index (χ2n) is 6.33. The number of anilines is 1. The molecule has 4 rings (SSSR count). The van der Waals surface area contributed by atoms with Crippen molar-refractivity contribution in [3.05, 3.63) is 91.1 Å². The van der Waals surface area contributed by atoms with E-state index in [2.05, 4.69) is 30.2 Å². The minimum absolute atomic E-state index is 0.746. The summed E-state index contributed by atoms with van der Waals surface area (Å²) in [5.74, 6) is 0.716. The topological polar surface area (TPSA) is 21.7 Å². The van der Waals surface area contributed by atoms with E-state index in [9.17, 15) is 0 Å². The monoisotopic (exact) mass is 343 g/mol. The zero-order valence-electron chi connectivity index (χ0n) is 14.6. The first kappa shape index (κ1) is 16.3. The van der Waals surface area contributed by atoms with Gasteiger partial charge in [0, 0.05) is 48.1 Å². The summed E-state index contributed by atoms with van der Waals surface area (Å²) in [6.07, 6.45) is 11.8. The van der Waals surface area contributed by atoms with Crippen LogP contribution in [0.4, 0.5) is 5.69 Å². The summed E-state index contributed by atoms with van der Waals surface area (Å²) >= 11 is 0. The van der Waals surface area contributed by atoms with E-state index in [0.717, 1.165) is 41.4 Å². The molecule has 0 bridgehead atoms. The van der Waals surface area contributed by atoms with Crippen molar-refractivity contribution in [2.45, 2.75) is 5.79 Å². The van der Waals surface area contributed by atoms with Crippen LogP contribution in [0.3, 0.4) is 0 Å². The third kappa shape index (κ3) is 2.93. The lowest BCUT2D eigenvalue weighted by molar-refractivity contribution is -0.0307. The average Bonchev–Trinajstić information content (AvgIpc) is 2.67. The maximum Gasteiger partial charge on any atom is 0.291 e. The van der Waals surface area contributed by atoms with Gasteiger partial charge in [0.25, 0.3) is 5.79 Å². The number of benzene rings is 2. The summed E-state index contributed by atoms with van der Waals surface area (Å²) in [5.41, 5.74) is 3.15. The Balaban J connectivity index is 1.65. The van der Waals surface area contributed by atoms with Gasteiger partial charge in [0.2, 0.25) is 0 Å². The van der Waals surface area contributed by atoms with Crippen molar-refractivity contribution in [2.75, 3.05) is 18.0 Å². The van der Waals surface area contributed by atoms with E-state index in [0.29, 0.717) is 0 Å². The van der Waals surface area contributed by atoms with Crippen LogP contribution < -0.4 is 14.4 Å². The molecule has 0 aromatic heterocycles. The lowest BCUT2D eigenvalue weighted by atomic mass is 10.0. The minimum atomic E-state index is -0.901. The molecule has 0 saturated carbocycles. The number of nitrogens with zero attached hydrogens (tertiary/aromatic N) is 1. The number of ether oxygens (including phenoxy) is 2. The van der Waals surface area contributed by atoms with Crippen molar-refractivity contribution in [1.29, 1.82) is 0 Å². The van der Waals surface area contributed by atoms with E-state index >= 15 is 0 Å². The maximum absolute atomic E-state index is 6.29. The number of para-hydroxylation sites is 1. The number of hydrogen-bond donors (Lipinski definition) is 0. The molecular formula is C23H21NO2. The highest BCUT2D eigenvalue weighted by atomic mass is 16.7. The van der Waals surface area contributed by atoms with Crippen LogP contribution in [0.25, 0.3) is 12.2 Å². The highest BCUT2D eigenvalue weighted by molar-refractivity contribution is 5.69. The molecule has 1 atom stereocenters. The fraction of sp³-hybridized carbons (Fsp3) is 0.130. The van der Waals surface area contributed by atoms with E-state index < -0.39 is 5.79 Å². The highest BCUT2D eigenvalue weighted by Crippen LogP contribution is 2.39. The zero-order chi connectivity index (χ0) is 18.0. The third-order valence-corrected chi connectivity index (χ3v) is 4.51. The molecule has 2 aliphatic rings. The molecule has 2 heterocycles. The van der Waals surface area contributed by atoms with Crippen molar-refractivity contribution in [3.8, 4) is 11.5 Å². The van der Waals surface area contributed by atoms with Gasteiger partial charge in [-0.15, -0.1) is 13.2 Å². The molecule has 1 unspecified atom stereocenters. The Hall–Kier alpha value is -3.20. The molecule has 0 N–H and O–H groups in total. The molecule has 2 aromatic carbocycles. The molecule has 130 valence electrons. The predicted molar refractivity (Wildman–Crippen MR) is 108 cm³/mol. The van der Waals surface area contributed by atoms with Crippen molar-refractivity contribution in [1.82, 2.24) is 0 Å². The molecule has 1 spiro atoms. The Labute approximate surface area is 154 Å². The second-order valence-corrected chi connectivity index (χ2v) is 6.33. The molecule has 0 radical (unpaired) electrons. The Morgan fingerprint density at radius 3 is 2.23 bits per heavy atom. The van der Waals surface area contributed by atoms with Crippen LogP contribution in [0.15, 0.2) is 79.9 Å². The maximum atomic E-state index is 6.29. The number of hydrogen-bond acceptors (Lipinski definition) is 3. The lowest BCUT2D eigenvalue weighted by Crippen LogP contribution is -2.41. The van der Waals surface area contributed by atoms with Gasteiger partial charge in [0.15, 0.2) is 0 Å². The zero-order valence-corrected chi connectivity index (χ0v) is 14.6. The van der Waals surface area contributed by atoms with Crippen LogP contribution in [-0.4, -0.2) is 18.9 Å². The summed E-state index contributed by atoms with van der Waals surface area (Å²) < 4.78 is 12.5. The quantitative estimate of drug-likeness (QED) is 0.707. The van der Waals surface area contributed by atoms with Gasteiger partial charge in [0.05, 0.1) is 0 Å². The van der Waals surface area contributed by atoms with Gasteiger partial charge >= 0.3 is 0 Å². The first-order valence-electron chi connectivity index (χ1n) is 8.69. The largest absolute Gasteiger partial charge is 0.445 e. The molecule has 2 aliphatic heterocycles. The SMILES string of the molecule is C=CCN(CC=C)c1ccc2c(c1)OC1(C=Cc3ccccc3O1)C=C2. The van der Waals surface area contributed by atoms with Gasteiger partial charge in [-0.3, -0.25) is 0 Å². The van der Waals surface area contributed by atoms with Gasteiger partial charge in [-0.05, 0) is 30.4 Å². The van der Waals surface area contributed by atoms with Crippen LogP contribution >= 0.6 is 0 Å². The molecule has 26 heavy (non-hydrogen) atoms. The number of rotatable bonds is 5. The van der Waals surface area contributed by atoms with Gasteiger partial charge in [0.1, 0.15) is 11.5 Å². The molecule has 3 nitrogen and oxygen atoms in total. The first-order valence-corrected chi connectivity index (χ1v) is 8.69. The summed E-state index contributed by atoms with van der Waals surface area (Å²) in [4.78, 5) is 2.18. The normalized spacial score (nSPS) is 19.1. The van der Waals surface area contributed by atoms with Gasteiger partial charge < -0.3 is 14.4 Å². The Morgan fingerprint density at radius 1 is 0.846 bits per heavy atom. The van der Waals surface area contributed by atoms with E-state index in [1.54, 1.807) is 0 Å². The Bertz CT molecular complexity index is 902. The van der Waals surface area contributed by atoms with Crippen LogP contribution in [0.2, 0.25) is 0 Å². The minimum Gasteiger partial charge on any atom is -0.445 e. The average molecular weight is 343 g/mol. The van der Waals surface area contributed by atoms with Crippen molar-refractivity contribution in [2.24, 2.45) is 0 Å². The van der Waals surface area contributed by atoms with E-state index in [4.69, 9.17) is 9.47 Å². The van der Waals surface area contributed by atoms with Crippen LogP contribution in [-0.2, 0) is 0 Å². The van der Waals surface area contributed by atoms with Crippen LogP contribution in [0, 0.1) is 0 Å². The standard InChI is InChI=1S/C23H21NO2/c1-3-15-24(16-4-2)20-10-9-19-12-14-23(26-22(19)17-20)13-11-18-7-5-6-8-21(18)25-23/h3-14,17H,1-2,15-16H2. The molecule has 0 amide bonds. The third-order valence-electron chi connectivity index (χ3n) is 4.51. The van der Waals surface area contributed by atoms with Crippen molar-refractivity contribution in [3.63, 3.8) is 0 Å². The molecule has 0 aliphatic carbocycles. The molecule has 3 heteroatoms. The first-order chi connectivity index (χ1) is 12.7. The highest BCUT2D eigenvalue weighted by Gasteiger charge is 2.35. The van der Waals surface area contributed by atoms with Crippen LogP contribution in [0.1, 0.15) is 11.1 Å². The Kier molecular flexibility index (Phi) is 4.13. The molecular weight excluding hydrogens is 322 g/mol. The lowest BCUT2D eigenvalue weighted by Gasteiger charge is -2.35. The van der Waals surface area contributed by atoms with Crippen LogP contribution in [0.5, 0.6) is 11.5 Å². The summed E-state index contributed by atoms with van der Waals surface area (Å²) in [5, 5.41) is 0. The Morgan fingerprint density at radius 2 is 1.50 bits per heavy atom. The van der Waals surface area contributed by atoms with Gasteiger partial charge in [-0.1, -0.05) is 30.4 Å². The van der Waals surface area contributed by atoms with Gasteiger partial charge in [-0.25, -0.2) is 0 Å². The fourth-order valence-electron chi connectivity index (χ4n) is 3.22. The number of fused-ring (bicyclic) bond motifs is 2. The predicted octanol–water partition coefficient (Wildman–Crippen LogP) is 5.07. The van der Waals surface area contributed by atoms with Crippen molar-refractivity contribution < 1.29 is 9.47 Å². The summed E-state index contributed by atoms with van der Waals surface area (Å²) in [7, 11) is 0. The fourth-order valence-corrected chi connectivity index (χ4v) is 3.22. The van der Waals surface area contributed by atoms with E-state index in [1.165, 1.54) is 0 Å². The second kappa shape index (κ2) is 6.60. The van der Waals surface area contributed by atoms with Gasteiger partial charge in [-0.2, -0.15) is 0 Å². The van der Waals surface area contributed by atoms with Crippen molar-refractivity contribution >= 4 is 17.8 Å². The molecule has 2 aromatic rings. The molecule has 0 fully saturated rings. The molecule has 0 saturated heterocycles. The van der Waals surface area contributed by atoms with E-state index in [-0.39, 0.29) is 0 Å². The smallest absolute Gasteiger partial charge is 0.291 e.